The second-order valence-corrected chi connectivity index (χ2v) is 4.43. The Morgan fingerprint density at radius 2 is 1.28 bits per heavy atom. The first-order valence-corrected chi connectivity index (χ1v) is 7.16. The topological polar surface area (TPSA) is 146 Å². The van der Waals surface area contributed by atoms with Gasteiger partial charge in [-0.3, -0.25) is 0 Å². The highest BCUT2D eigenvalue weighted by molar-refractivity contribution is 5.91. The van der Waals surface area contributed by atoms with Crippen LogP contribution in [0, 0.1) is 0 Å². The van der Waals surface area contributed by atoms with Crippen LogP contribution in [-0.4, -0.2) is 73.2 Å². The molecule has 0 radical (unpaired) electrons. The summed E-state index contributed by atoms with van der Waals surface area (Å²) in [6, 6.07) is 0. The molecule has 0 aliphatic carbocycles. The fraction of sp³-hybridized carbons (Fsp3) is 0.467. The number of aliphatic carboxylic acids is 2. The maximum absolute atomic E-state index is 11.0. The summed E-state index contributed by atoms with van der Waals surface area (Å²) in [4.78, 5) is 42.4. The van der Waals surface area contributed by atoms with Gasteiger partial charge in [-0.1, -0.05) is 0 Å². The Morgan fingerprint density at radius 3 is 1.76 bits per heavy atom. The van der Waals surface area contributed by atoms with Crippen molar-refractivity contribution in [1.29, 1.82) is 0 Å². The number of ether oxygens (including phenoxy) is 4. The molecule has 0 amide bonds. The molecule has 10 heteroatoms. The van der Waals surface area contributed by atoms with Gasteiger partial charge in [0.2, 0.25) is 0 Å². The van der Waals surface area contributed by atoms with Gasteiger partial charge in [0.1, 0.15) is 13.2 Å². The third-order valence-corrected chi connectivity index (χ3v) is 2.28. The first-order chi connectivity index (χ1) is 11.8. The van der Waals surface area contributed by atoms with Gasteiger partial charge < -0.3 is 29.2 Å². The predicted molar refractivity (Wildman–Crippen MR) is 81.7 cm³/mol. The fourth-order valence-corrected chi connectivity index (χ4v) is 1.27. The molecule has 0 heterocycles. The molecule has 0 aromatic carbocycles. The number of carbonyl (C=O) groups excluding carboxylic acids is 2. The molecule has 140 valence electrons. The lowest BCUT2D eigenvalue weighted by Gasteiger charge is -2.13. The summed E-state index contributed by atoms with van der Waals surface area (Å²) < 4.78 is 19.8. The minimum absolute atomic E-state index is 0.0387. The van der Waals surface area contributed by atoms with Crippen molar-refractivity contribution < 1.29 is 48.3 Å². The minimum atomic E-state index is -1.25. The summed E-state index contributed by atoms with van der Waals surface area (Å²) in [7, 11) is 0. The third-order valence-electron chi connectivity index (χ3n) is 2.28. The van der Waals surface area contributed by atoms with Gasteiger partial charge in [0.05, 0.1) is 25.9 Å². The van der Waals surface area contributed by atoms with Gasteiger partial charge in [-0.2, -0.15) is 0 Å². The maximum Gasteiger partial charge on any atom is 0.331 e. The van der Waals surface area contributed by atoms with Gasteiger partial charge >= 0.3 is 23.9 Å². The third kappa shape index (κ3) is 15.9. The van der Waals surface area contributed by atoms with E-state index in [0.29, 0.717) is 12.2 Å². The van der Waals surface area contributed by atoms with Crippen LogP contribution in [0.15, 0.2) is 24.3 Å². The number of hydrogen-bond donors (Lipinski definition) is 2. The van der Waals surface area contributed by atoms with Gasteiger partial charge in [-0.05, 0) is 6.92 Å². The minimum Gasteiger partial charge on any atom is -0.478 e. The molecule has 0 aliphatic rings. The maximum atomic E-state index is 11.0. The number of hydrogen-bond acceptors (Lipinski definition) is 8. The zero-order valence-electron chi connectivity index (χ0n) is 13.6. The molecule has 0 aromatic rings. The van der Waals surface area contributed by atoms with Crippen molar-refractivity contribution in [3.8, 4) is 0 Å². The summed E-state index contributed by atoms with van der Waals surface area (Å²) in [6.07, 6.45) is 2.62. The van der Waals surface area contributed by atoms with Crippen LogP contribution in [0.1, 0.15) is 6.92 Å². The summed E-state index contributed by atoms with van der Waals surface area (Å²) >= 11 is 0. The van der Waals surface area contributed by atoms with E-state index in [1.165, 1.54) is 0 Å². The molecule has 0 saturated carbocycles. The lowest BCUT2D eigenvalue weighted by atomic mass is 10.4. The monoisotopic (exact) mass is 360 g/mol. The Hall–Kier alpha value is -2.72. The quantitative estimate of drug-likeness (QED) is 0.257. The number of esters is 2. The van der Waals surface area contributed by atoms with E-state index in [1.807, 2.05) is 0 Å². The molecule has 0 aromatic heterocycles. The highest BCUT2D eigenvalue weighted by atomic mass is 16.6. The van der Waals surface area contributed by atoms with E-state index in [1.54, 1.807) is 6.92 Å². The van der Waals surface area contributed by atoms with Gasteiger partial charge in [0.25, 0.3) is 0 Å². The standard InChI is InChI=1S/C15H20O10/c1-11(23-8-9-25-15(21)5-3-13(18)19)10-22-6-7-24-14(20)4-2-12(16)17/h2-5,11H,6-10H2,1H3,(H,16,17)(H,18,19)/b4-2-,5-3-. The first kappa shape index (κ1) is 22.3. The van der Waals surface area contributed by atoms with Crippen molar-refractivity contribution in [3.05, 3.63) is 24.3 Å². The Labute approximate surface area is 143 Å². The number of carboxylic acid groups (broad SMARTS) is 2. The Bertz CT molecular complexity index is 508. The summed E-state index contributed by atoms with van der Waals surface area (Å²) in [5, 5.41) is 16.6. The van der Waals surface area contributed by atoms with Crippen molar-refractivity contribution >= 4 is 23.9 Å². The first-order valence-electron chi connectivity index (χ1n) is 7.16. The van der Waals surface area contributed by atoms with Crippen LogP contribution < -0.4 is 0 Å². The average molecular weight is 360 g/mol. The smallest absolute Gasteiger partial charge is 0.331 e. The van der Waals surface area contributed by atoms with Crippen LogP contribution in [0.4, 0.5) is 0 Å². The number of rotatable bonds is 13. The van der Waals surface area contributed by atoms with Crippen LogP contribution in [0.25, 0.3) is 0 Å². The van der Waals surface area contributed by atoms with Crippen molar-refractivity contribution in [2.75, 3.05) is 33.0 Å². The van der Waals surface area contributed by atoms with E-state index < -0.39 is 23.9 Å². The lowest BCUT2D eigenvalue weighted by Crippen LogP contribution is -2.21. The van der Waals surface area contributed by atoms with Crippen molar-refractivity contribution in [1.82, 2.24) is 0 Å². The molecule has 25 heavy (non-hydrogen) atoms. The molecule has 0 rings (SSSR count). The Balaban J connectivity index is 3.60. The predicted octanol–water partition coefficient (Wildman–Crippen LogP) is -0.224. The molecule has 0 fully saturated rings. The van der Waals surface area contributed by atoms with E-state index in [4.69, 9.17) is 24.4 Å². The molecule has 0 spiro atoms. The second kappa shape index (κ2) is 13.7. The van der Waals surface area contributed by atoms with E-state index in [2.05, 4.69) is 4.74 Å². The van der Waals surface area contributed by atoms with Gasteiger partial charge in [0, 0.05) is 24.3 Å². The molecular weight excluding hydrogens is 340 g/mol. The molecule has 0 aliphatic heterocycles. The Morgan fingerprint density at radius 1 is 0.800 bits per heavy atom. The van der Waals surface area contributed by atoms with E-state index in [-0.39, 0.29) is 39.1 Å². The van der Waals surface area contributed by atoms with Crippen LogP contribution in [0.5, 0.6) is 0 Å². The molecule has 10 nitrogen and oxygen atoms in total. The number of carbonyl (C=O) groups is 4. The fourth-order valence-electron chi connectivity index (χ4n) is 1.27. The Kier molecular flexibility index (Phi) is 12.2. The highest BCUT2D eigenvalue weighted by Gasteiger charge is 2.04. The molecule has 0 bridgehead atoms. The normalized spacial score (nSPS) is 12.2. The zero-order chi connectivity index (χ0) is 19.1. The zero-order valence-corrected chi connectivity index (χ0v) is 13.6. The molecular formula is C15H20O10. The SMILES string of the molecule is CC(COCCOC(=O)/C=C\C(=O)O)OCCOC(=O)/C=C\C(=O)O. The van der Waals surface area contributed by atoms with Crippen molar-refractivity contribution in [2.24, 2.45) is 0 Å². The van der Waals surface area contributed by atoms with Gasteiger partial charge in [-0.25, -0.2) is 19.2 Å². The molecule has 0 saturated heterocycles. The molecule has 2 N–H and O–H groups in total. The van der Waals surface area contributed by atoms with Crippen molar-refractivity contribution in [3.63, 3.8) is 0 Å². The van der Waals surface area contributed by atoms with E-state index in [0.717, 1.165) is 12.2 Å². The van der Waals surface area contributed by atoms with Crippen molar-refractivity contribution in [2.45, 2.75) is 13.0 Å². The van der Waals surface area contributed by atoms with E-state index >= 15 is 0 Å². The molecule has 1 atom stereocenters. The van der Waals surface area contributed by atoms with Gasteiger partial charge in [0.15, 0.2) is 0 Å². The van der Waals surface area contributed by atoms with Crippen LogP contribution >= 0.6 is 0 Å². The number of carboxylic acids is 2. The highest BCUT2D eigenvalue weighted by Crippen LogP contribution is 1.93. The van der Waals surface area contributed by atoms with Crippen LogP contribution in [0.3, 0.4) is 0 Å². The van der Waals surface area contributed by atoms with Crippen LogP contribution in [0.2, 0.25) is 0 Å². The average Bonchev–Trinajstić information content (AvgIpc) is 2.54. The lowest BCUT2D eigenvalue weighted by molar-refractivity contribution is -0.142. The second-order valence-electron chi connectivity index (χ2n) is 4.43. The summed E-state index contributed by atoms with van der Waals surface area (Å²) in [5.41, 5.74) is 0. The van der Waals surface area contributed by atoms with Gasteiger partial charge in [-0.15, -0.1) is 0 Å². The summed E-state index contributed by atoms with van der Waals surface area (Å²) in [6.45, 7) is 2.05. The molecule has 1 unspecified atom stereocenters. The van der Waals surface area contributed by atoms with Crippen LogP contribution in [-0.2, 0) is 38.1 Å². The largest absolute Gasteiger partial charge is 0.478 e. The summed E-state index contributed by atoms with van der Waals surface area (Å²) in [5.74, 6) is -4.06. The van der Waals surface area contributed by atoms with E-state index in [9.17, 15) is 19.2 Å².